The standard InChI is InChI=1S/C17H13Cl2NO2/c18-13-6-5-10(9-14(13)19)17(22)20-15-7-8-16(21)12-4-2-1-3-11(12)15/h1-6,9,15H,7-8H2,(H,20,22). The van der Waals surface area contributed by atoms with E-state index < -0.39 is 0 Å². The fourth-order valence-corrected chi connectivity index (χ4v) is 2.95. The van der Waals surface area contributed by atoms with Crippen LogP contribution < -0.4 is 5.32 Å². The zero-order valence-corrected chi connectivity index (χ0v) is 13.1. The summed E-state index contributed by atoms with van der Waals surface area (Å²) in [5.74, 6) is -0.108. The first kappa shape index (κ1) is 15.1. The van der Waals surface area contributed by atoms with Gasteiger partial charge in [-0.25, -0.2) is 0 Å². The molecule has 5 heteroatoms. The minimum absolute atomic E-state index is 0.121. The monoisotopic (exact) mass is 333 g/mol. The Morgan fingerprint density at radius 1 is 1.09 bits per heavy atom. The second kappa shape index (κ2) is 6.11. The first-order valence-corrected chi connectivity index (χ1v) is 7.70. The highest BCUT2D eigenvalue weighted by Crippen LogP contribution is 2.30. The van der Waals surface area contributed by atoms with Crippen LogP contribution in [0.25, 0.3) is 0 Å². The van der Waals surface area contributed by atoms with Crippen LogP contribution in [0.1, 0.15) is 45.2 Å². The molecule has 0 spiro atoms. The van der Waals surface area contributed by atoms with Gasteiger partial charge in [0.05, 0.1) is 16.1 Å². The summed E-state index contributed by atoms with van der Waals surface area (Å²) in [6, 6.07) is 12.0. The summed E-state index contributed by atoms with van der Waals surface area (Å²) in [7, 11) is 0. The van der Waals surface area contributed by atoms with E-state index in [0.29, 0.717) is 34.0 Å². The molecule has 0 fully saturated rings. The molecule has 0 saturated carbocycles. The lowest BCUT2D eigenvalue weighted by Gasteiger charge is -2.25. The largest absolute Gasteiger partial charge is 0.345 e. The molecule has 2 aromatic rings. The number of nitrogens with one attached hydrogen (secondary N) is 1. The molecule has 1 unspecified atom stereocenters. The average molecular weight is 334 g/mol. The molecule has 0 bridgehead atoms. The van der Waals surface area contributed by atoms with Gasteiger partial charge in [0.1, 0.15) is 0 Å². The lowest BCUT2D eigenvalue weighted by molar-refractivity contribution is 0.0903. The van der Waals surface area contributed by atoms with E-state index in [9.17, 15) is 9.59 Å². The second-order valence-corrected chi connectivity index (χ2v) is 6.02. The van der Waals surface area contributed by atoms with Gasteiger partial charge in [0.2, 0.25) is 0 Å². The van der Waals surface area contributed by atoms with E-state index >= 15 is 0 Å². The SMILES string of the molecule is O=C(NC1CCC(=O)c2ccccc21)c1ccc(Cl)c(Cl)c1. The van der Waals surface area contributed by atoms with Crippen molar-refractivity contribution in [2.24, 2.45) is 0 Å². The molecule has 1 amide bonds. The number of hydrogen-bond acceptors (Lipinski definition) is 2. The number of hydrogen-bond donors (Lipinski definition) is 1. The molecular weight excluding hydrogens is 321 g/mol. The van der Waals surface area contributed by atoms with Crippen molar-refractivity contribution in [3.8, 4) is 0 Å². The van der Waals surface area contributed by atoms with Gasteiger partial charge < -0.3 is 5.32 Å². The zero-order valence-electron chi connectivity index (χ0n) is 11.6. The number of amides is 1. The maximum atomic E-state index is 12.4. The third-order valence-corrected chi connectivity index (χ3v) is 4.52. The molecule has 0 saturated heterocycles. The third-order valence-electron chi connectivity index (χ3n) is 3.78. The van der Waals surface area contributed by atoms with Gasteiger partial charge in [0, 0.05) is 17.5 Å². The summed E-state index contributed by atoms with van der Waals surface area (Å²) in [5, 5.41) is 3.72. The number of carbonyl (C=O) groups is 2. The molecule has 1 N–H and O–H groups in total. The Labute approximate surface area is 138 Å². The molecule has 3 rings (SSSR count). The second-order valence-electron chi connectivity index (χ2n) is 5.20. The number of carbonyl (C=O) groups excluding carboxylic acids is 2. The van der Waals surface area contributed by atoms with E-state index in [2.05, 4.69) is 5.32 Å². The Morgan fingerprint density at radius 2 is 1.86 bits per heavy atom. The van der Waals surface area contributed by atoms with Gasteiger partial charge in [0.25, 0.3) is 5.91 Å². The van der Waals surface area contributed by atoms with Crippen molar-refractivity contribution in [2.75, 3.05) is 0 Å². The molecule has 0 radical (unpaired) electrons. The summed E-state index contributed by atoms with van der Waals surface area (Å²) in [4.78, 5) is 24.3. The fraction of sp³-hybridized carbons (Fsp3) is 0.176. The van der Waals surface area contributed by atoms with Crippen LogP contribution >= 0.6 is 23.2 Å². The van der Waals surface area contributed by atoms with Crippen LogP contribution in [0.5, 0.6) is 0 Å². The van der Waals surface area contributed by atoms with Crippen LogP contribution in [0.15, 0.2) is 42.5 Å². The molecular formula is C17H13Cl2NO2. The molecule has 1 aliphatic rings. The number of Topliss-reactive ketones (excluding diaryl/α,β-unsaturated/α-hetero) is 1. The molecule has 112 valence electrons. The smallest absolute Gasteiger partial charge is 0.251 e. The Hall–Kier alpha value is -1.84. The van der Waals surface area contributed by atoms with Crippen molar-refractivity contribution in [3.05, 3.63) is 69.2 Å². The van der Waals surface area contributed by atoms with Gasteiger partial charge in [0.15, 0.2) is 5.78 Å². The molecule has 22 heavy (non-hydrogen) atoms. The van der Waals surface area contributed by atoms with Crippen LogP contribution in [-0.4, -0.2) is 11.7 Å². The molecule has 1 aliphatic carbocycles. The van der Waals surface area contributed by atoms with E-state index in [1.807, 2.05) is 18.2 Å². The number of halogens is 2. The Balaban J connectivity index is 1.84. The normalized spacial score (nSPS) is 17.0. The fourth-order valence-electron chi connectivity index (χ4n) is 2.65. The average Bonchev–Trinajstić information content (AvgIpc) is 2.53. The summed E-state index contributed by atoms with van der Waals surface area (Å²) < 4.78 is 0. The molecule has 3 nitrogen and oxygen atoms in total. The lowest BCUT2D eigenvalue weighted by atomic mass is 9.86. The van der Waals surface area contributed by atoms with E-state index in [-0.39, 0.29) is 17.7 Å². The Morgan fingerprint density at radius 3 is 2.64 bits per heavy atom. The lowest BCUT2D eigenvalue weighted by Crippen LogP contribution is -2.32. The van der Waals surface area contributed by atoms with Crippen LogP contribution in [0.4, 0.5) is 0 Å². The van der Waals surface area contributed by atoms with Gasteiger partial charge in [-0.15, -0.1) is 0 Å². The maximum absolute atomic E-state index is 12.4. The van der Waals surface area contributed by atoms with Gasteiger partial charge in [-0.1, -0.05) is 47.5 Å². The maximum Gasteiger partial charge on any atom is 0.251 e. The topological polar surface area (TPSA) is 46.2 Å². The van der Waals surface area contributed by atoms with Crippen LogP contribution in [0, 0.1) is 0 Å². The number of fused-ring (bicyclic) bond motifs is 1. The first-order chi connectivity index (χ1) is 10.6. The predicted octanol–water partition coefficient (Wildman–Crippen LogP) is 4.44. The highest BCUT2D eigenvalue weighted by molar-refractivity contribution is 6.42. The Bertz CT molecular complexity index is 758. The van der Waals surface area contributed by atoms with Crippen molar-refractivity contribution in [1.29, 1.82) is 0 Å². The molecule has 1 atom stereocenters. The third kappa shape index (κ3) is 2.87. The van der Waals surface area contributed by atoms with E-state index in [1.165, 1.54) is 0 Å². The minimum atomic E-state index is -0.229. The Kier molecular flexibility index (Phi) is 4.19. The van der Waals surface area contributed by atoms with Crippen molar-refractivity contribution in [1.82, 2.24) is 5.32 Å². The molecule has 0 heterocycles. The van der Waals surface area contributed by atoms with Crippen LogP contribution in [0.3, 0.4) is 0 Å². The van der Waals surface area contributed by atoms with Gasteiger partial charge in [-0.2, -0.15) is 0 Å². The van der Waals surface area contributed by atoms with Crippen molar-refractivity contribution in [2.45, 2.75) is 18.9 Å². The first-order valence-electron chi connectivity index (χ1n) is 6.94. The van der Waals surface area contributed by atoms with Crippen molar-refractivity contribution >= 4 is 34.9 Å². The minimum Gasteiger partial charge on any atom is -0.345 e. The molecule has 2 aromatic carbocycles. The van der Waals surface area contributed by atoms with E-state index in [4.69, 9.17) is 23.2 Å². The van der Waals surface area contributed by atoms with Crippen molar-refractivity contribution < 1.29 is 9.59 Å². The highest BCUT2D eigenvalue weighted by atomic mass is 35.5. The van der Waals surface area contributed by atoms with E-state index in [0.717, 1.165) is 5.56 Å². The van der Waals surface area contributed by atoms with Crippen molar-refractivity contribution in [3.63, 3.8) is 0 Å². The van der Waals surface area contributed by atoms with Crippen LogP contribution in [-0.2, 0) is 0 Å². The van der Waals surface area contributed by atoms with Crippen LogP contribution in [0.2, 0.25) is 10.0 Å². The predicted molar refractivity (Wildman–Crippen MR) is 86.7 cm³/mol. The molecule has 0 aliphatic heterocycles. The van der Waals surface area contributed by atoms with Gasteiger partial charge in [-0.05, 0) is 30.2 Å². The zero-order chi connectivity index (χ0) is 15.7. The van der Waals surface area contributed by atoms with Gasteiger partial charge >= 0.3 is 0 Å². The van der Waals surface area contributed by atoms with E-state index in [1.54, 1.807) is 24.3 Å². The highest BCUT2D eigenvalue weighted by Gasteiger charge is 2.26. The number of benzene rings is 2. The summed E-state index contributed by atoms with van der Waals surface area (Å²) in [6.07, 6.45) is 1.03. The number of ketones is 1. The summed E-state index contributed by atoms with van der Waals surface area (Å²) >= 11 is 11.8. The van der Waals surface area contributed by atoms with Gasteiger partial charge in [-0.3, -0.25) is 9.59 Å². The molecule has 0 aromatic heterocycles. The quantitative estimate of drug-likeness (QED) is 0.882. The number of rotatable bonds is 2. The summed E-state index contributed by atoms with van der Waals surface area (Å²) in [5.41, 5.74) is 2.00. The summed E-state index contributed by atoms with van der Waals surface area (Å²) in [6.45, 7) is 0.